The van der Waals surface area contributed by atoms with Crippen molar-refractivity contribution in [2.24, 2.45) is 5.10 Å². The van der Waals surface area contributed by atoms with E-state index in [1.807, 2.05) is 24.3 Å². The third-order valence-electron chi connectivity index (χ3n) is 3.47. The first-order chi connectivity index (χ1) is 12.6. The molecule has 0 saturated carbocycles. The monoisotopic (exact) mass is 375 g/mol. The summed E-state index contributed by atoms with van der Waals surface area (Å²) in [4.78, 5) is 0. The molecule has 0 amide bonds. The molecule has 0 fully saturated rings. The maximum Gasteiger partial charge on any atom is 0.191 e. The van der Waals surface area contributed by atoms with E-state index in [2.05, 4.69) is 15.8 Å². The molecule has 2 N–H and O–H groups in total. The fourth-order valence-electron chi connectivity index (χ4n) is 2.21. The summed E-state index contributed by atoms with van der Waals surface area (Å²) in [7, 11) is 6.29. The van der Waals surface area contributed by atoms with Crippen LogP contribution < -0.4 is 29.7 Å². The Morgan fingerprint density at radius 1 is 0.923 bits per heavy atom. The Morgan fingerprint density at radius 2 is 1.54 bits per heavy atom. The molecule has 0 spiro atoms. The van der Waals surface area contributed by atoms with Crippen LogP contribution in [-0.4, -0.2) is 39.8 Å². The molecular weight excluding hydrogens is 354 g/mol. The van der Waals surface area contributed by atoms with Gasteiger partial charge in [0.15, 0.2) is 5.11 Å². The van der Waals surface area contributed by atoms with E-state index in [0.717, 1.165) is 5.69 Å². The van der Waals surface area contributed by atoms with Gasteiger partial charge in [0.25, 0.3) is 0 Å². The molecule has 0 saturated heterocycles. The summed E-state index contributed by atoms with van der Waals surface area (Å²) in [5.74, 6) is 2.43. The summed E-state index contributed by atoms with van der Waals surface area (Å²) in [5.41, 5.74) is 4.15. The molecule has 0 aliphatic rings. The van der Waals surface area contributed by atoms with E-state index in [9.17, 15) is 0 Å². The lowest BCUT2D eigenvalue weighted by atomic mass is 10.2. The fourth-order valence-corrected chi connectivity index (χ4v) is 2.38. The van der Waals surface area contributed by atoms with Gasteiger partial charge in [-0.3, -0.25) is 5.43 Å². The summed E-state index contributed by atoms with van der Waals surface area (Å²) in [6.45, 7) is 0. The van der Waals surface area contributed by atoms with Gasteiger partial charge in [0, 0.05) is 12.1 Å². The molecule has 138 valence electrons. The van der Waals surface area contributed by atoms with Gasteiger partial charge in [-0.1, -0.05) is 12.1 Å². The number of methoxy groups -OCH3 is 4. The van der Waals surface area contributed by atoms with Crippen molar-refractivity contribution in [3.8, 4) is 23.0 Å². The quantitative estimate of drug-likeness (QED) is 0.438. The number of ether oxygens (including phenoxy) is 4. The average Bonchev–Trinajstić information content (AvgIpc) is 2.68. The second kappa shape index (κ2) is 9.47. The molecule has 2 aromatic rings. The van der Waals surface area contributed by atoms with Crippen molar-refractivity contribution < 1.29 is 18.9 Å². The van der Waals surface area contributed by atoms with Crippen LogP contribution in [0.2, 0.25) is 0 Å². The number of thiocarbonyl (C=S) groups is 1. The van der Waals surface area contributed by atoms with Crippen molar-refractivity contribution in [2.45, 2.75) is 0 Å². The Labute approximate surface area is 157 Å². The number of nitrogens with zero attached hydrogens (tertiary/aromatic N) is 1. The minimum absolute atomic E-state index is 0.317. The Morgan fingerprint density at radius 3 is 2.12 bits per heavy atom. The zero-order valence-electron chi connectivity index (χ0n) is 15.0. The molecule has 8 heteroatoms. The maximum absolute atomic E-state index is 5.37. The fraction of sp³-hybridized carbons (Fsp3) is 0.222. The van der Waals surface area contributed by atoms with E-state index in [1.54, 1.807) is 46.8 Å². The molecule has 0 unspecified atom stereocenters. The van der Waals surface area contributed by atoms with E-state index in [4.69, 9.17) is 31.2 Å². The Bertz CT molecular complexity index is 771. The summed E-state index contributed by atoms with van der Waals surface area (Å²) < 4.78 is 21.2. The standard InChI is InChI=1S/C18H21N3O4S/c1-22-12-9-16(24-3)13(17(10-12)25-4)11-19-21-18(26)20-14-7-5-6-8-15(14)23-2/h5-11H,1-4H3,(H2,20,21,26)/b19-11+. The van der Waals surface area contributed by atoms with Crippen molar-refractivity contribution in [3.63, 3.8) is 0 Å². The number of benzene rings is 2. The van der Waals surface area contributed by atoms with Crippen LogP contribution in [0.25, 0.3) is 0 Å². The Hall–Kier alpha value is -3.00. The van der Waals surface area contributed by atoms with E-state index < -0.39 is 0 Å². The Kier molecular flexibility index (Phi) is 7.04. The zero-order valence-corrected chi connectivity index (χ0v) is 15.8. The minimum atomic E-state index is 0.317. The molecule has 0 atom stereocenters. The van der Waals surface area contributed by atoms with Crippen molar-refractivity contribution in [1.82, 2.24) is 5.43 Å². The highest BCUT2D eigenvalue weighted by atomic mass is 32.1. The van der Waals surface area contributed by atoms with Crippen LogP contribution >= 0.6 is 12.2 Å². The second-order valence-corrected chi connectivity index (χ2v) is 5.38. The summed E-state index contributed by atoms with van der Waals surface area (Å²) in [6.07, 6.45) is 1.56. The SMILES string of the molecule is COc1cc(OC)c(/C=N/NC(=S)Nc2ccccc2OC)c(OC)c1. The third kappa shape index (κ3) is 4.76. The average molecular weight is 375 g/mol. The molecule has 0 aromatic heterocycles. The number of para-hydroxylation sites is 2. The summed E-state index contributed by atoms with van der Waals surface area (Å²) >= 11 is 5.25. The minimum Gasteiger partial charge on any atom is -0.496 e. The van der Waals surface area contributed by atoms with E-state index in [0.29, 0.717) is 33.7 Å². The summed E-state index contributed by atoms with van der Waals surface area (Å²) in [5, 5.41) is 7.48. The smallest absolute Gasteiger partial charge is 0.191 e. The third-order valence-corrected chi connectivity index (χ3v) is 3.66. The first-order valence-electron chi connectivity index (χ1n) is 7.66. The lowest BCUT2D eigenvalue weighted by Gasteiger charge is -2.13. The number of anilines is 1. The molecule has 0 bridgehead atoms. The topological polar surface area (TPSA) is 73.3 Å². The number of hydrogen-bond donors (Lipinski definition) is 2. The van der Waals surface area contributed by atoms with Crippen molar-refractivity contribution in [1.29, 1.82) is 0 Å². The van der Waals surface area contributed by atoms with Gasteiger partial charge < -0.3 is 24.3 Å². The predicted molar refractivity (Wildman–Crippen MR) is 106 cm³/mol. The lowest BCUT2D eigenvalue weighted by Crippen LogP contribution is -2.24. The van der Waals surface area contributed by atoms with Crippen LogP contribution in [-0.2, 0) is 0 Å². The van der Waals surface area contributed by atoms with Gasteiger partial charge in [-0.05, 0) is 24.4 Å². The first-order valence-corrected chi connectivity index (χ1v) is 8.06. The molecule has 7 nitrogen and oxygen atoms in total. The van der Waals surface area contributed by atoms with Crippen molar-refractivity contribution in [3.05, 3.63) is 42.0 Å². The zero-order chi connectivity index (χ0) is 18.9. The second-order valence-electron chi connectivity index (χ2n) is 4.97. The van der Waals surface area contributed by atoms with Crippen LogP contribution in [0.5, 0.6) is 23.0 Å². The molecule has 0 aliphatic heterocycles. The highest BCUT2D eigenvalue weighted by Crippen LogP contribution is 2.32. The van der Waals surface area contributed by atoms with Crippen LogP contribution in [0.15, 0.2) is 41.5 Å². The number of rotatable bonds is 7. The number of hydrogen-bond acceptors (Lipinski definition) is 6. The highest BCUT2D eigenvalue weighted by Gasteiger charge is 2.11. The molecule has 26 heavy (non-hydrogen) atoms. The molecule has 0 aliphatic carbocycles. The molecular formula is C18H21N3O4S. The lowest BCUT2D eigenvalue weighted by molar-refractivity contribution is 0.374. The van der Waals surface area contributed by atoms with Crippen molar-refractivity contribution >= 4 is 29.2 Å². The predicted octanol–water partition coefficient (Wildman–Crippen LogP) is 3.04. The molecule has 2 aromatic carbocycles. The first kappa shape index (κ1) is 19.3. The van der Waals surface area contributed by atoms with Crippen LogP contribution in [0.1, 0.15) is 5.56 Å². The van der Waals surface area contributed by atoms with Crippen LogP contribution in [0, 0.1) is 0 Å². The molecule has 0 radical (unpaired) electrons. The van der Waals surface area contributed by atoms with Gasteiger partial charge in [-0.15, -0.1) is 0 Å². The van der Waals surface area contributed by atoms with Gasteiger partial charge in [-0.25, -0.2) is 0 Å². The summed E-state index contributed by atoms with van der Waals surface area (Å²) in [6, 6.07) is 10.9. The maximum atomic E-state index is 5.37. The highest BCUT2D eigenvalue weighted by molar-refractivity contribution is 7.80. The van der Waals surface area contributed by atoms with Gasteiger partial charge in [-0.2, -0.15) is 5.10 Å². The van der Waals surface area contributed by atoms with Gasteiger partial charge in [0.05, 0.1) is 45.9 Å². The van der Waals surface area contributed by atoms with E-state index in [1.165, 1.54) is 0 Å². The van der Waals surface area contributed by atoms with E-state index >= 15 is 0 Å². The number of hydrazone groups is 1. The van der Waals surface area contributed by atoms with E-state index in [-0.39, 0.29) is 0 Å². The normalized spacial score (nSPS) is 10.3. The Balaban J connectivity index is 2.11. The molecule has 2 rings (SSSR count). The molecule has 0 heterocycles. The largest absolute Gasteiger partial charge is 0.496 e. The van der Waals surface area contributed by atoms with Gasteiger partial charge >= 0.3 is 0 Å². The van der Waals surface area contributed by atoms with Gasteiger partial charge in [0.2, 0.25) is 0 Å². The van der Waals surface area contributed by atoms with Crippen molar-refractivity contribution in [2.75, 3.05) is 33.8 Å². The number of nitrogens with one attached hydrogen (secondary N) is 2. The van der Waals surface area contributed by atoms with Crippen LogP contribution in [0.4, 0.5) is 5.69 Å². The van der Waals surface area contributed by atoms with Crippen LogP contribution in [0.3, 0.4) is 0 Å². The van der Waals surface area contributed by atoms with Gasteiger partial charge in [0.1, 0.15) is 23.0 Å².